The molecule has 76 heavy (non-hydrogen) atoms. The predicted octanol–water partition coefficient (Wildman–Crippen LogP) is -1.30. The fraction of sp³-hybridized carbons (Fsp3) is 0.925. The smallest absolute Gasteiger partial charge is 0.315 e. The van der Waals surface area contributed by atoms with Crippen molar-refractivity contribution in [1.29, 1.82) is 0 Å². The minimum Gasteiger partial charge on any atom is -0.481 e. The van der Waals surface area contributed by atoms with E-state index in [9.17, 15) is 71.2 Å². The SMILES string of the molecule is C[C@@H]1O[C@@H](O[C@H]2[C@H](O)[C@@H](O)[C@H](OC[C@H]3O[C@@H](OC(=O)[C@]45CC[C@@](C)(C(=O)O)C[C@H]4C4=CC[C@@H]6[C@@]7(C)CC[C@H](O[C@@H]8OC[C@H](O)[C@H](O)[C@H]8O)C(C)(C)[C@@H]7CC[C@@]6(C)[C@]4(C)CC5)[C@H](O)[C@@H](O)[C@@H]3O)O[C@@H]2CO)[C@H](O)[C@H](O)[C@H]1O. The van der Waals surface area contributed by atoms with Crippen molar-refractivity contribution in [3.63, 3.8) is 0 Å². The van der Waals surface area contributed by atoms with Gasteiger partial charge in [-0.25, -0.2) is 0 Å². The van der Waals surface area contributed by atoms with Crippen molar-refractivity contribution in [2.24, 2.45) is 50.2 Å². The predicted molar refractivity (Wildman–Crippen MR) is 257 cm³/mol. The van der Waals surface area contributed by atoms with Crippen molar-refractivity contribution in [2.75, 3.05) is 19.8 Å². The second-order valence-electron chi connectivity index (χ2n) is 25.6. The Morgan fingerprint density at radius 2 is 1.28 bits per heavy atom. The van der Waals surface area contributed by atoms with Crippen LogP contribution in [-0.2, 0) is 47.5 Å². The molecule has 0 aromatic carbocycles. The summed E-state index contributed by atoms with van der Waals surface area (Å²) in [5.74, 6) is -1.97. The number of rotatable bonds is 11. The Bertz CT molecular complexity index is 2150. The fourth-order valence-electron chi connectivity index (χ4n) is 16.1. The Kier molecular flexibility index (Phi) is 16.2. The lowest BCUT2D eigenvalue weighted by atomic mass is 9.33. The van der Waals surface area contributed by atoms with Gasteiger partial charge in [-0.1, -0.05) is 46.3 Å². The molecule has 4 heterocycles. The molecule has 9 rings (SSSR count). The number of fused-ring (bicyclic) bond motifs is 7. The van der Waals surface area contributed by atoms with Crippen LogP contribution in [0.25, 0.3) is 0 Å². The molecule has 5 aliphatic carbocycles. The zero-order valence-corrected chi connectivity index (χ0v) is 44.4. The first-order chi connectivity index (χ1) is 35.5. The average Bonchev–Trinajstić information content (AvgIpc) is 3.58. The number of carbonyl (C=O) groups is 2. The molecule has 9 aliphatic rings. The molecule has 434 valence electrons. The van der Waals surface area contributed by atoms with Gasteiger partial charge in [-0.15, -0.1) is 0 Å². The van der Waals surface area contributed by atoms with E-state index in [4.69, 9.17) is 37.9 Å². The minimum atomic E-state index is -1.95. The Labute approximate surface area is 442 Å². The van der Waals surface area contributed by atoms with E-state index >= 15 is 4.79 Å². The second-order valence-corrected chi connectivity index (χ2v) is 25.6. The standard InChI is InChI=1S/C53H84O23/c1-22-31(56)34(59)38(63)44(71-22)75-41-26(19-54)72-42(40(65)36(41)61)70-21-27-33(58)35(60)39(64)45(73-27)76-47(68)53-16-14-49(4,46(66)67)18-24(53)23-8-9-29-50(5)12-11-30(74-43-37(62)32(57)25(55)20-69-43)48(2,3)28(50)10-13-52(29,7)51(23,6)15-17-53/h8,22,24-45,54-65H,9-21H2,1-7H3,(H,66,67)/t22-,24-,25-,26+,27+,28-,29+,30-,31-,32-,33+,34+,35-,36+,37+,38+,39+,40+,41+,42+,43-,44-,45-,49+,50-,51+,52+,53-/m0/s1. The van der Waals surface area contributed by atoms with Gasteiger partial charge < -0.3 is 104 Å². The number of carbonyl (C=O) groups excluding carboxylic acids is 1. The van der Waals surface area contributed by atoms with Gasteiger partial charge in [-0.2, -0.15) is 0 Å². The van der Waals surface area contributed by atoms with E-state index in [-0.39, 0.29) is 60.1 Å². The molecule has 0 aromatic heterocycles. The number of aliphatic hydroxyl groups excluding tert-OH is 12. The summed E-state index contributed by atoms with van der Waals surface area (Å²) >= 11 is 0. The maximum atomic E-state index is 15.1. The van der Waals surface area contributed by atoms with Gasteiger partial charge in [0, 0.05) is 0 Å². The highest BCUT2D eigenvalue weighted by atomic mass is 16.8. The van der Waals surface area contributed by atoms with Crippen LogP contribution in [0, 0.1) is 50.2 Å². The number of ether oxygens (including phenoxy) is 8. The molecule has 0 bridgehead atoms. The Morgan fingerprint density at radius 3 is 1.96 bits per heavy atom. The number of hydrogen-bond donors (Lipinski definition) is 13. The Balaban J connectivity index is 0.911. The zero-order valence-electron chi connectivity index (χ0n) is 44.4. The van der Waals surface area contributed by atoms with Crippen LogP contribution in [0.3, 0.4) is 0 Å². The van der Waals surface area contributed by atoms with Gasteiger partial charge in [-0.05, 0) is 117 Å². The summed E-state index contributed by atoms with van der Waals surface area (Å²) in [5, 5.41) is 139. The third kappa shape index (κ3) is 9.33. The van der Waals surface area contributed by atoms with Crippen LogP contribution in [0.2, 0.25) is 0 Å². The fourth-order valence-corrected chi connectivity index (χ4v) is 16.1. The topological polar surface area (TPSA) is 371 Å². The van der Waals surface area contributed by atoms with E-state index < -0.39 is 164 Å². The monoisotopic (exact) mass is 1090 g/mol. The molecule has 4 aliphatic heterocycles. The lowest BCUT2D eigenvalue weighted by Crippen LogP contribution is -2.66. The largest absolute Gasteiger partial charge is 0.481 e. The van der Waals surface area contributed by atoms with Crippen molar-refractivity contribution in [3.05, 3.63) is 11.6 Å². The Morgan fingerprint density at radius 1 is 0.645 bits per heavy atom. The van der Waals surface area contributed by atoms with E-state index in [0.717, 1.165) is 24.8 Å². The van der Waals surface area contributed by atoms with E-state index in [1.54, 1.807) is 6.92 Å². The van der Waals surface area contributed by atoms with Crippen molar-refractivity contribution >= 4 is 11.9 Å². The molecule has 23 nitrogen and oxygen atoms in total. The van der Waals surface area contributed by atoms with Crippen molar-refractivity contribution in [3.8, 4) is 0 Å². The van der Waals surface area contributed by atoms with Gasteiger partial charge in [0.25, 0.3) is 0 Å². The molecule has 4 saturated carbocycles. The zero-order chi connectivity index (χ0) is 55.6. The van der Waals surface area contributed by atoms with Crippen LogP contribution in [0.4, 0.5) is 0 Å². The Hall–Kier alpha value is -2.08. The third-order valence-electron chi connectivity index (χ3n) is 21.3. The van der Waals surface area contributed by atoms with Gasteiger partial charge in [-0.3, -0.25) is 9.59 Å². The van der Waals surface area contributed by atoms with Crippen LogP contribution < -0.4 is 0 Å². The van der Waals surface area contributed by atoms with Crippen LogP contribution >= 0.6 is 0 Å². The second kappa shape index (κ2) is 21.0. The van der Waals surface area contributed by atoms with Gasteiger partial charge in [0.1, 0.15) is 85.5 Å². The molecule has 0 amide bonds. The number of carboxylic acids is 1. The number of allylic oxidation sites excluding steroid dienone is 2. The number of hydrogen-bond acceptors (Lipinski definition) is 22. The van der Waals surface area contributed by atoms with E-state index in [2.05, 4.69) is 40.7 Å². The average molecular weight is 1090 g/mol. The van der Waals surface area contributed by atoms with Gasteiger partial charge in [0.05, 0.1) is 42.9 Å². The maximum Gasteiger partial charge on any atom is 0.315 e. The first-order valence-electron chi connectivity index (χ1n) is 27.3. The van der Waals surface area contributed by atoms with E-state index in [1.165, 1.54) is 6.92 Å². The molecule has 23 heteroatoms. The van der Waals surface area contributed by atoms with Crippen molar-refractivity contribution in [1.82, 2.24) is 0 Å². The van der Waals surface area contributed by atoms with Crippen LogP contribution in [0.5, 0.6) is 0 Å². The summed E-state index contributed by atoms with van der Waals surface area (Å²) in [7, 11) is 0. The van der Waals surface area contributed by atoms with Crippen molar-refractivity contribution < 1.29 is 114 Å². The third-order valence-corrected chi connectivity index (χ3v) is 21.3. The molecule has 0 spiro atoms. The summed E-state index contributed by atoms with van der Waals surface area (Å²) in [6.45, 7) is 12.8. The molecule has 13 N–H and O–H groups in total. The van der Waals surface area contributed by atoms with Crippen LogP contribution in [0.1, 0.15) is 113 Å². The molecule has 0 unspecified atom stereocenters. The molecule has 0 aromatic rings. The molecular weight excluding hydrogens is 1000 g/mol. The highest BCUT2D eigenvalue weighted by Crippen LogP contribution is 2.76. The van der Waals surface area contributed by atoms with E-state index in [0.29, 0.717) is 25.7 Å². The molecule has 0 radical (unpaired) electrons. The summed E-state index contributed by atoms with van der Waals surface area (Å²) in [5.41, 5.74) is -2.80. The number of esters is 1. The van der Waals surface area contributed by atoms with Gasteiger partial charge >= 0.3 is 11.9 Å². The van der Waals surface area contributed by atoms with Gasteiger partial charge in [0.2, 0.25) is 6.29 Å². The lowest BCUT2D eigenvalue weighted by molar-refractivity contribution is -0.361. The number of aliphatic carboxylic acids is 1. The molecule has 28 atom stereocenters. The lowest BCUT2D eigenvalue weighted by Gasteiger charge is -2.71. The molecule has 4 saturated heterocycles. The van der Waals surface area contributed by atoms with Crippen molar-refractivity contribution in [2.45, 2.75) is 235 Å². The highest BCUT2D eigenvalue weighted by Gasteiger charge is 2.71. The van der Waals surface area contributed by atoms with Crippen LogP contribution in [-0.4, -0.2) is 221 Å². The summed E-state index contributed by atoms with van der Waals surface area (Å²) in [4.78, 5) is 28.2. The quantitative estimate of drug-likeness (QED) is 0.0649. The first kappa shape index (κ1) is 58.6. The normalized spacial score (nSPS) is 54.2. The van der Waals surface area contributed by atoms with Gasteiger partial charge in [0.15, 0.2) is 18.9 Å². The summed E-state index contributed by atoms with van der Waals surface area (Å²) < 4.78 is 46.8. The first-order valence-corrected chi connectivity index (χ1v) is 27.3. The van der Waals surface area contributed by atoms with Crippen LogP contribution in [0.15, 0.2) is 11.6 Å². The van der Waals surface area contributed by atoms with E-state index in [1.807, 2.05) is 0 Å². The summed E-state index contributed by atoms with van der Waals surface area (Å²) in [6, 6.07) is 0. The minimum absolute atomic E-state index is 0.132. The maximum absolute atomic E-state index is 15.1. The number of carboxylic acid groups (broad SMARTS) is 1. The molecular formula is C53H84O23. The molecule has 8 fully saturated rings. The summed E-state index contributed by atoms with van der Waals surface area (Å²) in [6.07, 6.45) is -23.2. The highest BCUT2D eigenvalue weighted by molar-refractivity contribution is 5.81. The number of aliphatic hydroxyl groups is 12.